The summed E-state index contributed by atoms with van der Waals surface area (Å²) in [6.07, 6.45) is 4.23. The molecule has 0 amide bonds. The Morgan fingerprint density at radius 2 is 1.77 bits per heavy atom. The number of rotatable bonds is 6. The van der Waals surface area contributed by atoms with Crippen molar-refractivity contribution in [2.24, 2.45) is 0 Å². The fourth-order valence-corrected chi connectivity index (χ4v) is 3.73. The molecule has 1 saturated heterocycles. The van der Waals surface area contributed by atoms with Crippen molar-refractivity contribution in [3.05, 3.63) is 60.2 Å². The molecule has 2 aromatic carbocycles. The van der Waals surface area contributed by atoms with Crippen molar-refractivity contribution in [1.29, 1.82) is 0 Å². The van der Waals surface area contributed by atoms with Crippen molar-refractivity contribution < 1.29 is 17.9 Å². The van der Waals surface area contributed by atoms with Crippen LogP contribution in [-0.4, -0.2) is 18.1 Å². The zero-order chi connectivity index (χ0) is 18.4. The molecule has 6 heteroatoms. The molecule has 3 rings (SSSR count). The summed E-state index contributed by atoms with van der Waals surface area (Å²) in [5.74, 6) is 0.584. The first-order valence-electron chi connectivity index (χ1n) is 8.80. The van der Waals surface area contributed by atoms with Gasteiger partial charge in [0.05, 0.1) is 0 Å². The summed E-state index contributed by atoms with van der Waals surface area (Å²) < 4.78 is 43.5. The van der Waals surface area contributed by atoms with Crippen LogP contribution in [0, 0.1) is 0 Å². The first-order valence-corrected chi connectivity index (χ1v) is 9.62. The van der Waals surface area contributed by atoms with Crippen LogP contribution in [0.2, 0.25) is 0 Å². The lowest BCUT2D eigenvalue weighted by Crippen LogP contribution is -2.36. The smallest absolute Gasteiger partial charge is 0.446 e. The van der Waals surface area contributed by atoms with Crippen LogP contribution >= 0.6 is 11.8 Å². The van der Waals surface area contributed by atoms with Gasteiger partial charge in [-0.25, -0.2) is 0 Å². The van der Waals surface area contributed by atoms with E-state index in [9.17, 15) is 13.2 Å². The summed E-state index contributed by atoms with van der Waals surface area (Å²) in [5, 5.41) is 3.53. The van der Waals surface area contributed by atoms with Gasteiger partial charge in [0.1, 0.15) is 11.9 Å². The van der Waals surface area contributed by atoms with Crippen molar-refractivity contribution in [1.82, 2.24) is 5.32 Å². The van der Waals surface area contributed by atoms with Crippen LogP contribution in [0.5, 0.6) is 5.75 Å². The van der Waals surface area contributed by atoms with Gasteiger partial charge in [-0.05, 0) is 61.0 Å². The minimum atomic E-state index is -4.28. The summed E-state index contributed by atoms with van der Waals surface area (Å²) in [7, 11) is 0. The Balaban J connectivity index is 1.70. The van der Waals surface area contributed by atoms with E-state index >= 15 is 0 Å². The lowest BCUT2D eigenvalue weighted by atomic mass is 9.96. The van der Waals surface area contributed by atoms with E-state index in [1.165, 1.54) is 25.0 Å². The molecule has 26 heavy (non-hydrogen) atoms. The van der Waals surface area contributed by atoms with E-state index in [-0.39, 0.29) is 22.8 Å². The Labute approximate surface area is 156 Å². The van der Waals surface area contributed by atoms with Crippen molar-refractivity contribution in [2.75, 3.05) is 6.54 Å². The summed E-state index contributed by atoms with van der Waals surface area (Å²) in [6, 6.07) is 16.5. The molecule has 140 valence electrons. The van der Waals surface area contributed by atoms with Gasteiger partial charge in [-0.2, -0.15) is 13.2 Å². The number of thioether (sulfide) groups is 1. The fraction of sp³-hybridized carbons (Fsp3) is 0.400. The van der Waals surface area contributed by atoms with Gasteiger partial charge in [0.2, 0.25) is 0 Å². The number of hydrogen-bond donors (Lipinski definition) is 1. The van der Waals surface area contributed by atoms with Crippen LogP contribution in [0.15, 0.2) is 59.5 Å². The van der Waals surface area contributed by atoms with Crippen LogP contribution in [0.4, 0.5) is 13.2 Å². The van der Waals surface area contributed by atoms with Gasteiger partial charge in [0.25, 0.3) is 0 Å². The van der Waals surface area contributed by atoms with Gasteiger partial charge in [0, 0.05) is 17.4 Å². The van der Waals surface area contributed by atoms with Crippen molar-refractivity contribution >= 4 is 11.8 Å². The molecular formula is C20H22F3NOS. The second-order valence-electron chi connectivity index (χ2n) is 6.42. The van der Waals surface area contributed by atoms with Gasteiger partial charge < -0.3 is 10.1 Å². The van der Waals surface area contributed by atoms with Crippen molar-refractivity contribution in [2.45, 2.75) is 48.2 Å². The molecule has 0 saturated carbocycles. The third kappa shape index (κ3) is 5.95. The normalized spacial score (nSPS) is 19.1. The SMILES string of the molecule is FC(F)(F)Sc1ccc(OC(CC2CCCCN2)c2ccccc2)cc1. The van der Waals surface area contributed by atoms with Crippen LogP contribution in [0.3, 0.4) is 0 Å². The fourth-order valence-electron chi connectivity index (χ4n) is 3.19. The standard InChI is InChI=1S/C20H22F3NOS/c21-20(22,23)26-18-11-9-17(10-12-18)25-19(15-6-2-1-3-7-15)14-16-8-4-5-13-24-16/h1-3,6-7,9-12,16,19,24H,4-5,8,13-14H2. The average molecular weight is 381 g/mol. The van der Waals surface area contributed by atoms with Gasteiger partial charge in [-0.1, -0.05) is 36.8 Å². The summed E-state index contributed by atoms with van der Waals surface area (Å²) in [4.78, 5) is 0.162. The number of hydrogen-bond acceptors (Lipinski definition) is 3. The van der Waals surface area contributed by atoms with E-state index in [0.29, 0.717) is 11.8 Å². The number of alkyl halides is 3. The summed E-state index contributed by atoms with van der Waals surface area (Å²) in [5.41, 5.74) is -3.20. The molecule has 2 unspecified atom stereocenters. The molecule has 2 aromatic rings. The minimum absolute atomic E-state index is 0.112. The highest BCUT2D eigenvalue weighted by atomic mass is 32.2. The Kier molecular flexibility index (Phi) is 6.48. The highest BCUT2D eigenvalue weighted by Gasteiger charge is 2.29. The molecule has 0 aliphatic carbocycles. The number of halogens is 3. The van der Waals surface area contributed by atoms with Crippen LogP contribution in [0.25, 0.3) is 0 Å². The van der Waals surface area contributed by atoms with E-state index in [1.54, 1.807) is 12.1 Å². The maximum atomic E-state index is 12.5. The van der Waals surface area contributed by atoms with Crippen molar-refractivity contribution in [3.63, 3.8) is 0 Å². The number of piperidine rings is 1. The predicted molar refractivity (Wildman–Crippen MR) is 98.4 cm³/mol. The second kappa shape index (κ2) is 8.82. The maximum Gasteiger partial charge on any atom is 0.446 e. The van der Waals surface area contributed by atoms with E-state index in [2.05, 4.69) is 5.32 Å². The van der Waals surface area contributed by atoms with Gasteiger partial charge in [-0.3, -0.25) is 0 Å². The molecule has 2 nitrogen and oxygen atoms in total. The molecule has 1 fully saturated rings. The third-order valence-electron chi connectivity index (χ3n) is 4.42. The molecule has 1 aliphatic heterocycles. The third-order valence-corrected chi connectivity index (χ3v) is 5.16. The van der Waals surface area contributed by atoms with E-state index in [4.69, 9.17) is 4.74 Å². The Morgan fingerprint density at radius 3 is 2.38 bits per heavy atom. The van der Waals surface area contributed by atoms with Gasteiger partial charge in [0.15, 0.2) is 0 Å². The lowest BCUT2D eigenvalue weighted by Gasteiger charge is -2.28. The summed E-state index contributed by atoms with van der Waals surface area (Å²) >= 11 is -0.112. The molecule has 0 radical (unpaired) electrons. The van der Waals surface area contributed by atoms with E-state index < -0.39 is 5.51 Å². The van der Waals surface area contributed by atoms with Gasteiger partial charge >= 0.3 is 5.51 Å². The molecule has 1 N–H and O–H groups in total. The van der Waals surface area contributed by atoms with Crippen molar-refractivity contribution in [3.8, 4) is 5.75 Å². The van der Waals surface area contributed by atoms with Crippen LogP contribution < -0.4 is 10.1 Å². The highest BCUT2D eigenvalue weighted by Crippen LogP contribution is 2.37. The Bertz CT molecular complexity index is 670. The molecule has 0 bridgehead atoms. The monoisotopic (exact) mass is 381 g/mol. The van der Waals surface area contributed by atoms with Gasteiger partial charge in [-0.15, -0.1) is 0 Å². The van der Waals surface area contributed by atoms with Crippen LogP contribution in [-0.2, 0) is 0 Å². The highest BCUT2D eigenvalue weighted by molar-refractivity contribution is 8.00. The molecular weight excluding hydrogens is 359 g/mol. The maximum absolute atomic E-state index is 12.5. The van der Waals surface area contributed by atoms with Crippen LogP contribution in [0.1, 0.15) is 37.4 Å². The number of benzene rings is 2. The van der Waals surface area contributed by atoms with E-state index in [0.717, 1.165) is 24.9 Å². The zero-order valence-corrected chi connectivity index (χ0v) is 15.2. The molecule has 2 atom stereocenters. The van der Waals surface area contributed by atoms with E-state index in [1.807, 2.05) is 30.3 Å². The number of nitrogens with one attached hydrogen (secondary N) is 1. The quantitative estimate of drug-likeness (QED) is 0.625. The Morgan fingerprint density at radius 1 is 1.04 bits per heavy atom. The Hall–Kier alpha value is -1.66. The predicted octanol–water partition coefficient (Wildman–Crippen LogP) is 5.95. The molecule has 0 aromatic heterocycles. The first-order chi connectivity index (χ1) is 12.5. The topological polar surface area (TPSA) is 21.3 Å². The molecule has 1 heterocycles. The largest absolute Gasteiger partial charge is 0.486 e. The molecule has 1 aliphatic rings. The molecule has 0 spiro atoms. The minimum Gasteiger partial charge on any atom is -0.486 e. The summed E-state index contributed by atoms with van der Waals surface area (Å²) in [6.45, 7) is 1.02. The first kappa shape index (κ1) is 19.1. The number of ether oxygens (including phenoxy) is 1. The lowest BCUT2D eigenvalue weighted by molar-refractivity contribution is -0.0328. The average Bonchev–Trinajstić information content (AvgIpc) is 2.63. The second-order valence-corrected chi connectivity index (χ2v) is 7.56. The zero-order valence-electron chi connectivity index (χ0n) is 14.3.